The first-order chi connectivity index (χ1) is 18.1. The quantitative estimate of drug-likeness (QED) is 0.0633. The minimum absolute atomic E-state index is 0.103. The monoisotopic (exact) mass is 576 g/mol. The number of carbonyl (C=O) groups excluding carboxylic acids is 1. The molecule has 218 valence electrons. The van der Waals surface area contributed by atoms with Crippen molar-refractivity contribution in [3.8, 4) is 0 Å². The highest BCUT2D eigenvalue weighted by atomic mass is 28.4. The first kappa shape index (κ1) is 31.2. The van der Waals surface area contributed by atoms with Gasteiger partial charge in [0, 0.05) is 50.6 Å². The fourth-order valence-corrected chi connectivity index (χ4v) is 6.40. The number of fused-ring (bicyclic) bond motifs is 1. The SMILES string of the molecule is CCOC(=O)ON=C(N)c1cn(COCC[Si](C)(C)C)c2ccc(N3CC[C@H](O[Si](C)(C)C(C)(C)C)C3)cc12. The van der Waals surface area contributed by atoms with Crippen LogP contribution in [0.5, 0.6) is 0 Å². The van der Waals surface area contributed by atoms with E-state index >= 15 is 0 Å². The Labute approximate surface area is 235 Å². The van der Waals surface area contributed by atoms with Crippen molar-refractivity contribution >= 4 is 45.0 Å². The summed E-state index contributed by atoms with van der Waals surface area (Å²) >= 11 is 0. The van der Waals surface area contributed by atoms with Gasteiger partial charge in [0.1, 0.15) is 6.73 Å². The van der Waals surface area contributed by atoms with Crippen LogP contribution in [0, 0.1) is 0 Å². The summed E-state index contributed by atoms with van der Waals surface area (Å²) in [5.74, 6) is 0.103. The van der Waals surface area contributed by atoms with Gasteiger partial charge >= 0.3 is 6.16 Å². The van der Waals surface area contributed by atoms with Crippen molar-refractivity contribution in [1.82, 2.24) is 4.57 Å². The summed E-state index contributed by atoms with van der Waals surface area (Å²) in [5, 5.41) is 4.95. The molecule has 2 N–H and O–H groups in total. The lowest BCUT2D eigenvalue weighted by atomic mass is 10.1. The van der Waals surface area contributed by atoms with Gasteiger partial charge in [-0.2, -0.15) is 0 Å². The molecule has 1 aliphatic rings. The topological polar surface area (TPSA) is 101 Å². The molecule has 1 atom stereocenters. The lowest BCUT2D eigenvalue weighted by molar-refractivity contribution is 0.0612. The van der Waals surface area contributed by atoms with Gasteiger partial charge in [-0.1, -0.05) is 45.6 Å². The number of nitrogens with zero attached hydrogens (tertiary/aromatic N) is 3. The summed E-state index contributed by atoms with van der Waals surface area (Å²) < 4.78 is 19.6. The highest BCUT2D eigenvalue weighted by molar-refractivity contribution is 6.76. The van der Waals surface area contributed by atoms with Gasteiger partial charge in [-0.05, 0) is 55.7 Å². The molecule has 1 fully saturated rings. The summed E-state index contributed by atoms with van der Waals surface area (Å²) in [6, 6.07) is 7.46. The van der Waals surface area contributed by atoms with Crippen LogP contribution in [0.3, 0.4) is 0 Å². The van der Waals surface area contributed by atoms with Crippen molar-refractivity contribution in [2.45, 2.75) is 90.8 Å². The van der Waals surface area contributed by atoms with E-state index in [1.54, 1.807) is 6.92 Å². The normalized spacial score (nSPS) is 17.2. The maximum atomic E-state index is 11.7. The summed E-state index contributed by atoms with van der Waals surface area (Å²) in [7, 11) is -3.03. The Morgan fingerprint density at radius 2 is 1.90 bits per heavy atom. The molecular weight excluding hydrogens is 529 g/mol. The van der Waals surface area contributed by atoms with Gasteiger partial charge in [0.25, 0.3) is 0 Å². The highest BCUT2D eigenvalue weighted by Crippen LogP contribution is 2.39. The molecular formula is C28H48N4O5Si2. The third-order valence-electron chi connectivity index (χ3n) is 7.63. The van der Waals surface area contributed by atoms with Crippen molar-refractivity contribution < 1.29 is 23.5 Å². The van der Waals surface area contributed by atoms with Crippen molar-refractivity contribution in [2.75, 3.05) is 31.2 Å². The molecule has 39 heavy (non-hydrogen) atoms. The lowest BCUT2D eigenvalue weighted by Gasteiger charge is -2.38. The van der Waals surface area contributed by atoms with Gasteiger partial charge in [0.15, 0.2) is 14.2 Å². The molecule has 1 aromatic carbocycles. The van der Waals surface area contributed by atoms with Crippen molar-refractivity contribution in [3.05, 3.63) is 30.0 Å². The van der Waals surface area contributed by atoms with E-state index in [9.17, 15) is 4.79 Å². The number of ether oxygens (including phenoxy) is 2. The minimum Gasteiger partial charge on any atom is -0.433 e. The van der Waals surface area contributed by atoms with Crippen LogP contribution in [0.15, 0.2) is 29.6 Å². The van der Waals surface area contributed by atoms with E-state index in [0.29, 0.717) is 18.9 Å². The summed E-state index contributed by atoms with van der Waals surface area (Å²) in [4.78, 5) is 18.9. The average molecular weight is 577 g/mol. The second-order valence-corrected chi connectivity index (χ2v) is 23.4. The third kappa shape index (κ3) is 8.32. The zero-order chi connectivity index (χ0) is 29.0. The van der Waals surface area contributed by atoms with Crippen LogP contribution in [0.2, 0.25) is 43.8 Å². The number of hydrogen-bond acceptors (Lipinski definition) is 7. The third-order valence-corrected chi connectivity index (χ3v) is 13.9. The van der Waals surface area contributed by atoms with Crippen LogP contribution in [-0.2, 0) is 25.5 Å². The molecule has 1 aromatic heterocycles. The van der Waals surface area contributed by atoms with E-state index in [1.165, 1.54) is 0 Å². The lowest BCUT2D eigenvalue weighted by Crippen LogP contribution is -2.44. The summed E-state index contributed by atoms with van der Waals surface area (Å²) in [5.41, 5.74) is 9.06. The average Bonchev–Trinajstić information content (AvgIpc) is 3.43. The molecule has 9 nitrogen and oxygen atoms in total. The summed E-state index contributed by atoms with van der Waals surface area (Å²) in [6.07, 6.45) is 2.24. The van der Waals surface area contributed by atoms with Crippen molar-refractivity contribution in [1.29, 1.82) is 0 Å². The van der Waals surface area contributed by atoms with Gasteiger partial charge in [0.05, 0.1) is 18.2 Å². The van der Waals surface area contributed by atoms with Crippen LogP contribution in [0.4, 0.5) is 10.5 Å². The number of anilines is 1. The number of amidine groups is 1. The Bertz CT molecular complexity index is 1170. The summed E-state index contributed by atoms with van der Waals surface area (Å²) in [6.45, 7) is 23.2. The molecule has 1 aliphatic heterocycles. The first-order valence-electron chi connectivity index (χ1n) is 13.9. The van der Waals surface area contributed by atoms with Crippen molar-refractivity contribution in [2.24, 2.45) is 10.9 Å². The van der Waals surface area contributed by atoms with E-state index in [0.717, 1.165) is 42.1 Å². The van der Waals surface area contributed by atoms with E-state index < -0.39 is 22.5 Å². The zero-order valence-corrected chi connectivity index (χ0v) is 27.3. The maximum Gasteiger partial charge on any atom is 0.535 e. The second-order valence-electron chi connectivity index (χ2n) is 13.0. The predicted octanol–water partition coefficient (Wildman–Crippen LogP) is 6.35. The van der Waals surface area contributed by atoms with Crippen LogP contribution >= 0.6 is 0 Å². The van der Waals surface area contributed by atoms with Crippen LogP contribution in [0.25, 0.3) is 10.9 Å². The fraction of sp³-hybridized carbons (Fsp3) is 0.643. The standard InChI is InChI=1S/C28H48N4O5Si2/c1-10-35-27(33)36-30-26(29)24-19-32(20-34-15-16-38(5,6)7)25-12-11-21(17-23(24)25)31-14-13-22(18-31)37-39(8,9)28(2,3)4/h11-12,17,19,22H,10,13-16,18,20H2,1-9H3,(H2,29,30)/t22-/m0/s1. The number of carbonyl (C=O) groups is 1. The zero-order valence-electron chi connectivity index (χ0n) is 25.3. The minimum atomic E-state index is -1.84. The van der Waals surface area contributed by atoms with E-state index in [-0.39, 0.29) is 23.6 Å². The first-order valence-corrected chi connectivity index (χ1v) is 20.5. The van der Waals surface area contributed by atoms with Gasteiger partial charge in [-0.3, -0.25) is 4.84 Å². The van der Waals surface area contributed by atoms with E-state index in [4.69, 9.17) is 24.5 Å². The molecule has 11 heteroatoms. The molecule has 0 amide bonds. The molecule has 0 aliphatic carbocycles. The Kier molecular flexibility index (Phi) is 9.95. The molecule has 2 aromatic rings. The molecule has 0 unspecified atom stereocenters. The Hall–Kier alpha value is -2.35. The molecule has 3 rings (SSSR count). The van der Waals surface area contributed by atoms with E-state index in [1.807, 2.05) is 10.8 Å². The van der Waals surface area contributed by atoms with Gasteiger partial charge in [-0.25, -0.2) is 4.79 Å². The molecule has 0 saturated carbocycles. The number of nitrogens with two attached hydrogens (primary N) is 1. The molecule has 1 saturated heterocycles. The van der Waals surface area contributed by atoms with E-state index in [2.05, 4.69) is 81.8 Å². The van der Waals surface area contributed by atoms with Gasteiger partial charge < -0.3 is 29.1 Å². The maximum absolute atomic E-state index is 11.7. The number of rotatable bonds is 11. The number of oxime groups is 1. The largest absolute Gasteiger partial charge is 0.535 e. The smallest absolute Gasteiger partial charge is 0.433 e. The number of aromatic nitrogens is 1. The van der Waals surface area contributed by atoms with Crippen LogP contribution < -0.4 is 10.6 Å². The molecule has 0 spiro atoms. The van der Waals surface area contributed by atoms with Gasteiger partial charge in [-0.15, -0.1) is 0 Å². The molecule has 2 heterocycles. The Morgan fingerprint density at radius 3 is 2.54 bits per heavy atom. The number of hydrogen-bond donors (Lipinski definition) is 1. The van der Waals surface area contributed by atoms with Gasteiger partial charge in [0.2, 0.25) is 0 Å². The molecule has 0 radical (unpaired) electrons. The predicted molar refractivity (Wildman–Crippen MR) is 164 cm³/mol. The second kappa shape index (κ2) is 12.4. The molecule has 0 bridgehead atoms. The van der Waals surface area contributed by atoms with Crippen molar-refractivity contribution in [3.63, 3.8) is 0 Å². The van der Waals surface area contributed by atoms with Crippen LogP contribution in [0.1, 0.15) is 39.7 Å². The number of benzene rings is 1. The Morgan fingerprint density at radius 1 is 1.18 bits per heavy atom. The van der Waals surface area contributed by atoms with Crippen LogP contribution in [-0.4, -0.2) is 65.4 Å². The highest BCUT2D eigenvalue weighted by Gasteiger charge is 2.40. The Balaban J connectivity index is 1.85. The fourth-order valence-electron chi connectivity index (χ4n) is 4.27.